The van der Waals surface area contributed by atoms with E-state index in [-0.39, 0.29) is 0 Å². The van der Waals surface area contributed by atoms with E-state index in [1.807, 2.05) is 13.1 Å². The molecule has 5 nitrogen and oxygen atoms in total. The normalized spacial score (nSPS) is 15.6. The summed E-state index contributed by atoms with van der Waals surface area (Å²) in [6, 6.07) is 8.41. The molecule has 1 fully saturated rings. The first-order valence-electron chi connectivity index (χ1n) is 6.88. The summed E-state index contributed by atoms with van der Waals surface area (Å²) in [7, 11) is 1.86. The molecule has 0 spiro atoms. The van der Waals surface area contributed by atoms with Gasteiger partial charge in [0.1, 0.15) is 5.82 Å². The molecule has 0 atom stereocenters. The lowest BCUT2D eigenvalue weighted by Crippen LogP contribution is -2.36. The van der Waals surface area contributed by atoms with E-state index in [1.54, 1.807) is 4.68 Å². The van der Waals surface area contributed by atoms with Crippen molar-refractivity contribution in [3.05, 3.63) is 29.8 Å². The quantitative estimate of drug-likeness (QED) is 0.906. The molecule has 1 aliphatic heterocycles. The molecule has 0 amide bonds. The topological polar surface area (TPSA) is 56.3 Å². The molecule has 0 saturated carbocycles. The molecule has 1 aromatic heterocycles. The van der Waals surface area contributed by atoms with Crippen LogP contribution in [0.1, 0.15) is 5.56 Å². The molecule has 0 bridgehead atoms. The van der Waals surface area contributed by atoms with Crippen LogP contribution in [0.15, 0.2) is 24.3 Å². The van der Waals surface area contributed by atoms with E-state index in [0.29, 0.717) is 5.82 Å². The lowest BCUT2D eigenvalue weighted by molar-refractivity contribution is 0.123. The van der Waals surface area contributed by atoms with Gasteiger partial charge < -0.3 is 15.4 Å². The maximum Gasteiger partial charge on any atom is 0.121 e. The van der Waals surface area contributed by atoms with Gasteiger partial charge in [0.25, 0.3) is 0 Å². The molecule has 1 saturated heterocycles. The molecule has 0 unspecified atom stereocenters. The highest BCUT2D eigenvalue weighted by molar-refractivity contribution is 5.78. The van der Waals surface area contributed by atoms with Crippen molar-refractivity contribution in [1.29, 1.82) is 0 Å². The van der Waals surface area contributed by atoms with Crippen molar-refractivity contribution in [1.82, 2.24) is 9.78 Å². The smallest absolute Gasteiger partial charge is 0.121 e. The van der Waals surface area contributed by atoms with E-state index in [9.17, 15) is 0 Å². The van der Waals surface area contributed by atoms with Gasteiger partial charge >= 0.3 is 0 Å². The van der Waals surface area contributed by atoms with Crippen molar-refractivity contribution in [2.24, 2.45) is 7.05 Å². The first-order valence-corrected chi connectivity index (χ1v) is 6.88. The molecule has 3 rings (SSSR count). The molecule has 2 N–H and O–H groups in total. The van der Waals surface area contributed by atoms with E-state index in [0.717, 1.165) is 37.6 Å². The second-order valence-electron chi connectivity index (χ2n) is 5.20. The third-order valence-electron chi connectivity index (χ3n) is 3.70. The van der Waals surface area contributed by atoms with E-state index < -0.39 is 0 Å². The third kappa shape index (κ3) is 2.36. The molecular weight excluding hydrogens is 252 g/mol. The number of benzene rings is 1. The Bertz CT molecular complexity index is 595. The number of nitrogens with two attached hydrogens (primary N) is 1. The van der Waals surface area contributed by atoms with Gasteiger partial charge in [-0.2, -0.15) is 5.10 Å². The summed E-state index contributed by atoms with van der Waals surface area (Å²) < 4.78 is 7.14. The van der Waals surface area contributed by atoms with E-state index >= 15 is 0 Å². The Kier molecular flexibility index (Phi) is 3.36. The van der Waals surface area contributed by atoms with Crippen molar-refractivity contribution in [2.45, 2.75) is 6.92 Å². The molecule has 2 heterocycles. The highest BCUT2D eigenvalue weighted by atomic mass is 16.5. The summed E-state index contributed by atoms with van der Waals surface area (Å²) in [6.45, 7) is 5.48. The number of nitrogen functional groups attached to an aromatic ring is 1. The fourth-order valence-electron chi connectivity index (χ4n) is 2.55. The van der Waals surface area contributed by atoms with Crippen LogP contribution in [0, 0.1) is 6.92 Å². The molecule has 2 aromatic rings. The van der Waals surface area contributed by atoms with Crippen LogP contribution >= 0.6 is 0 Å². The summed E-state index contributed by atoms with van der Waals surface area (Å²) in [5.74, 6) is 0.675. The van der Waals surface area contributed by atoms with Gasteiger partial charge in [0.2, 0.25) is 0 Å². The maximum absolute atomic E-state index is 5.91. The number of aromatic nitrogens is 2. The first-order chi connectivity index (χ1) is 9.65. The Hall–Kier alpha value is -2.01. The minimum absolute atomic E-state index is 0.675. The average molecular weight is 272 g/mol. The summed E-state index contributed by atoms with van der Waals surface area (Å²) in [6.07, 6.45) is 0. The highest BCUT2D eigenvalue weighted by Crippen LogP contribution is 2.32. The average Bonchev–Trinajstić information content (AvgIpc) is 2.79. The molecule has 20 heavy (non-hydrogen) atoms. The van der Waals surface area contributed by atoms with Crippen LogP contribution in [-0.2, 0) is 11.8 Å². The maximum atomic E-state index is 5.91. The van der Waals surface area contributed by atoms with Crippen molar-refractivity contribution >= 4 is 11.5 Å². The van der Waals surface area contributed by atoms with Gasteiger partial charge in [-0.1, -0.05) is 11.6 Å². The van der Waals surface area contributed by atoms with Gasteiger partial charge in [-0.3, -0.25) is 4.68 Å². The lowest BCUT2D eigenvalue weighted by atomic mass is 10.0. The standard InChI is InChI=1S/C15H20N4O/c1-11-3-4-14(19-5-7-20-8-6-19)12(9-11)13-10-15(16)18(2)17-13/h3-4,9-10H,5-8,16H2,1-2H3. The minimum Gasteiger partial charge on any atom is -0.384 e. The Morgan fingerprint density at radius 2 is 1.95 bits per heavy atom. The molecule has 0 aliphatic carbocycles. The van der Waals surface area contributed by atoms with Crippen molar-refractivity contribution < 1.29 is 4.74 Å². The van der Waals surface area contributed by atoms with Gasteiger partial charge in [-0.25, -0.2) is 0 Å². The fraction of sp³-hybridized carbons (Fsp3) is 0.400. The lowest BCUT2D eigenvalue weighted by Gasteiger charge is -2.30. The zero-order chi connectivity index (χ0) is 14.1. The fourth-order valence-corrected chi connectivity index (χ4v) is 2.55. The second kappa shape index (κ2) is 5.17. The predicted molar refractivity (Wildman–Crippen MR) is 80.8 cm³/mol. The summed E-state index contributed by atoms with van der Waals surface area (Å²) >= 11 is 0. The van der Waals surface area contributed by atoms with Crippen LogP contribution in [0.3, 0.4) is 0 Å². The number of nitrogens with zero attached hydrogens (tertiary/aromatic N) is 3. The van der Waals surface area contributed by atoms with Gasteiger partial charge in [-0.15, -0.1) is 0 Å². The number of ether oxygens (including phenoxy) is 1. The van der Waals surface area contributed by atoms with Crippen LogP contribution in [0.5, 0.6) is 0 Å². The van der Waals surface area contributed by atoms with Gasteiger partial charge in [0, 0.05) is 37.5 Å². The van der Waals surface area contributed by atoms with Crippen LogP contribution in [0.4, 0.5) is 11.5 Å². The summed E-state index contributed by atoms with van der Waals surface area (Å²) in [5.41, 5.74) is 10.4. The molecular formula is C15H20N4O. The molecule has 1 aliphatic rings. The van der Waals surface area contributed by atoms with Crippen LogP contribution in [0.25, 0.3) is 11.3 Å². The Morgan fingerprint density at radius 1 is 1.20 bits per heavy atom. The number of rotatable bonds is 2. The van der Waals surface area contributed by atoms with Gasteiger partial charge in [-0.05, 0) is 19.1 Å². The van der Waals surface area contributed by atoms with Crippen LogP contribution in [0.2, 0.25) is 0 Å². The number of morpholine rings is 1. The molecule has 106 valence electrons. The third-order valence-corrected chi connectivity index (χ3v) is 3.70. The highest BCUT2D eigenvalue weighted by Gasteiger charge is 2.17. The second-order valence-corrected chi connectivity index (χ2v) is 5.20. The van der Waals surface area contributed by atoms with Crippen molar-refractivity contribution in [3.8, 4) is 11.3 Å². The van der Waals surface area contributed by atoms with Crippen molar-refractivity contribution in [3.63, 3.8) is 0 Å². The Balaban J connectivity index is 2.05. The van der Waals surface area contributed by atoms with Crippen molar-refractivity contribution in [2.75, 3.05) is 36.9 Å². The largest absolute Gasteiger partial charge is 0.384 e. The van der Waals surface area contributed by atoms with E-state index in [2.05, 4.69) is 35.1 Å². The first kappa shape index (κ1) is 13.0. The van der Waals surface area contributed by atoms with Crippen LogP contribution < -0.4 is 10.6 Å². The van der Waals surface area contributed by atoms with Gasteiger partial charge in [0.15, 0.2) is 0 Å². The zero-order valence-electron chi connectivity index (χ0n) is 12.0. The molecule has 5 heteroatoms. The molecule has 0 radical (unpaired) electrons. The Labute approximate surface area is 118 Å². The summed E-state index contributed by atoms with van der Waals surface area (Å²) in [5, 5.41) is 4.51. The number of hydrogen-bond donors (Lipinski definition) is 1. The minimum atomic E-state index is 0.675. The Morgan fingerprint density at radius 3 is 2.60 bits per heavy atom. The van der Waals surface area contributed by atoms with E-state index in [4.69, 9.17) is 10.5 Å². The van der Waals surface area contributed by atoms with Gasteiger partial charge in [0.05, 0.1) is 18.9 Å². The summed E-state index contributed by atoms with van der Waals surface area (Å²) in [4.78, 5) is 2.35. The number of aryl methyl sites for hydroxylation is 2. The predicted octanol–water partition coefficient (Wildman–Crippen LogP) is 1.81. The molecule has 1 aromatic carbocycles. The zero-order valence-corrected chi connectivity index (χ0v) is 12.0. The van der Waals surface area contributed by atoms with Crippen LogP contribution in [-0.4, -0.2) is 36.1 Å². The number of anilines is 2. The van der Waals surface area contributed by atoms with E-state index in [1.165, 1.54) is 11.3 Å². The number of hydrogen-bond acceptors (Lipinski definition) is 4. The SMILES string of the molecule is Cc1ccc(N2CCOCC2)c(-c2cc(N)n(C)n2)c1. The monoisotopic (exact) mass is 272 g/mol.